The van der Waals surface area contributed by atoms with E-state index in [1.165, 1.54) is 6.33 Å². The number of nitrogens with zero attached hydrogens (tertiary/aromatic N) is 5. The summed E-state index contributed by atoms with van der Waals surface area (Å²) in [6.45, 7) is 0.413. The van der Waals surface area contributed by atoms with E-state index in [1.54, 1.807) is 10.9 Å². The number of nitrogens with one attached hydrogen (secondary N) is 1. The van der Waals surface area contributed by atoms with Crippen LogP contribution in [-0.4, -0.2) is 32.0 Å². The van der Waals surface area contributed by atoms with E-state index in [2.05, 4.69) is 20.4 Å². The topological polar surface area (TPSA) is 79.4 Å². The van der Waals surface area contributed by atoms with Crippen molar-refractivity contribution in [2.45, 2.75) is 50.9 Å². The van der Waals surface area contributed by atoms with E-state index in [0.717, 1.165) is 0 Å². The maximum absolute atomic E-state index is 12.9. The average Bonchev–Trinajstić information content (AvgIpc) is 2.97. The lowest BCUT2D eigenvalue weighted by Gasteiger charge is -2.31. The van der Waals surface area contributed by atoms with E-state index in [4.69, 9.17) is 5.26 Å². The van der Waals surface area contributed by atoms with Crippen molar-refractivity contribution in [2.75, 3.05) is 5.32 Å². The monoisotopic (exact) mass is 338 g/mol. The van der Waals surface area contributed by atoms with Crippen LogP contribution in [0.5, 0.6) is 0 Å². The Morgan fingerprint density at radius 3 is 2.92 bits per heavy atom. The van der Waals surface area contributed by atoms with Crippen LogP contribution in [0.2, 0.25) is 0 Å². The minimum atomic E-state index is -4.15. The highest BCUT2D eigenvalue weighted by atomic mass is 19.4. The summed E-state index contributed by atoms with van der Waals surface area (Å²) < 4.78 is 40.4. The summed E-state index contributed by atoms with van der Waals surface area (Å²) in [4.78, 5) is 8.32. The van der Waals surface area contributed by atoms with Gasteiger partial charge in [0.05, 0.1) is 36.5 Å². The fourth-order valence-corrected chi connectivity index (χ4v) is 3.14. The summed E-state index contributed by atoms with van der Waals surface area (Å²) in [5.74, 6) is -0.768. The zero-order valence-electron chi connectivity index (χ0n) is 12.9. The molecule has 2 aromatic rings. The zero-order chi connectivity index (χ0) is 17.2. The molecule has 0 radical (unpaired) electrons. The summed E-state index contributed by atoms with van der Waals surface area (Å²) in [7, 11) is 0. The quantitative estimate of drug-likeness (QED) is 0.925. The molecule has 3 rings (SSSR count). The second-order valence-corrected chi connectivity index (χ2v) is 5.98. The first-order valence-corrected chi connectivity index (χ1v) is 7.85. The second kappa shape index (κ2) is 6.63. The van der Waals surface area contributed by atoms with Gasteiger partial charge in [-0.3, -0.25) is 0 Å². The summed E-state index contributed by atoms with van der Waals surface area (Å²) in [6, 6.07) is 1.77. The van der Waals surface area contributed by atoms with Gasteiger partial charge in [-0.1, -0.05) is 6.42 Å². The van der Waals surface area contributed by atoms with Crippen molar-refractivity contribution in [1.29, 1.82) is 5.26 Å². The van der Waals surface area contributed by atoms with E-state index in [-0.39, 0.29) is 18.9 Å². The van der Waals surface area contributed by atoms with Crippen molar-refractivity contribution in [2.24, 2.45) is 5.92 Å². The number of hydrogen-bond donors (Lipinski definition) is 1. The molecule has 128 valence electrons. The number of hydrogen-bond acceptors (Lipinski definition) is 5. The number of anilines is 1. The fraction of sp³-hybridized carbons (Fsp3) is 0.600. The van der Waals surface area contributed by atoms with E-state index in [0.29, 0.717) is 42.7 Å². The van der Waals surface area contributed by atoms with Crippen molar-refractivity contribution >= 4 is 16.9 Å². The SMILES string of the molecule is N#CCCn1ncc2c(NC3CCCC(C(F)(F)F)C3)ncnc21. The normalized spacial score (nSPS) is 21.6. The molecule has 0 spiro atoms. The highest BCUT2D eigenvalue weighted by Gasteiger charge is 2.42. The Hall–Kier alpha value is -2.37. The Labute approximate surface area is 136 Å². The third-order valence-corrected chi connectivity index (χ3v) is 4.35. The van der Waals surface area contributed by atoms with Gasteiger partial charge in [-0.15, -0.1) is 0 Å². The maximum Gasteiger partial charge on any atom is 0.391 e. The van der Waals surface area contributed by atoms with Crippen LogP contribution < -0.4 is 5.32 Å². The van der Waals surface area contributed by atoms with Gasteiger partial charge in [-0.25, -0.2) is 14.6 Å². The van der Waals surface area contributed by atoms with Crippen LogP contribution >= 0.6 is 0 Å². The van der Waals surface area contributed by atoms with Crippen LogP contribution in [-0.2, 0) is 6.54 Å². The number of fused-ring (bicyclic) bond motifs is 1. The lowest BCUT2D eigenvalue weighted by Crippen LogP contribution is -2.34. The van der Waals surface area contributed by atoms with Gasteiger partial charge in [0.2, 0.25) is 0 Å². The Morgan fingerprint density at radius 1 is 1.33 bits per heavy atom. The predicted molar refractivity (Wildman–Crippen MR) is 81.0 cm³/mol. The summed E-state index contributed by atoms with van der Waals surface area (Å²) in [5.41, 5.74) is 0.575. The Morgan fingerprint density at radius 2 is 2.17 bits per heavy atom. The largest absolute Gasteiger partial charge is 0.391 e. The number of rotatable bonds is 4. The highest BCUT2D eigenvalue weighted by Crippen LogP contribution is 2.38. The van der Waals surface area contributed by atoms with Crippen LogP contribution in [0, 0.1) is 17.2 Å². The van der Waals surface area contributed by atoms with Gasteiger partial charge in [0.1, 0.15) is 12.1 Å². The lowest BCUT2D eigenvalue weighted by atomic mass is 9.85. The molecule has 6 nitrogen and oxygen atoms in total. The molecule has 0 aromatic carbocycles. The van der Waals surface area contributed by atoms with E-state index in [9.17, 15) is 13.2 Å². The molecule has 1 aliphatic rings. The number of aryl methyl sites for hydroxylation is 1. The van der Waals surface area contributed by atoms with Gasteiger partial charge in [0.25, 0.3) is 0 Å². The van der Waals surface area contributed by atoms with Crippen LogP contribution in [0.1, 0.15) is 32.1 Å². The third-order valence-electron chi connectivity index (χ3n) is 4.35. The van der Waals surface area contributed by atoms with Gasteiger partial charge in [0.15, 0.2) is 5.65 Å². The average molecular weight is 338 g/mol. The Balaban J connectivity index is 1.78. The van der Waals surface area contributed by atoms with Gasteiger partial charge in [0, 0.05) is 6.04 Å². The molecule has 1 aliphatic carbocycles. The molecule has 1 saturated carbocycles. The summed E-state index contributed by atoms with van der Waals surface area (Å²) >= 11 is 0. The van der Waals surface area contributed by atoms with Crippen molar-refractivity contribution < 1.29 is 13.2 Å². The molecule has 1 fully saturated rings. The van der Waals surface area contributed by atoms with Crippen LogP contribution in [0.15, 0.2) is 12.5 Å². The maximum atomic E-state index is 12.9. The zero-order valence-corrected chi connectivity index (χ0v) is 12.9. The third kappa shape index (κ3) is 3.42. The summed E-state index contributed by atoms with van der Waals surface area (Å²) in [6.07, 6.45) is 0.560. The second-order valence-electron chi connectivity index (χ2n) is 5.98. The molecule has 2 atom stereocenters. The van der Waals surface area contributed by atoms with Crippen molar-refractivity contribution in [1.82, 2.24) is 19.7 Å². The molecule has 24 heavy (non-hydrogen) atoms. The number of nitriles is 1. The van der Waals surface area contributed by atoms with Crippen LogP contribution in [0.3, 0.4) is 0 Å². The Bertz CT molecular complexity index is 748. The molecular weight excluding hydrogens is 321 g/mol. The lowest BCUT2D eigenvalue weighted by molar-refractivity contribution is -0.182. The molecular formula is C15H17F3N6. The van der Waals surface area contributed by atoms with Gasteiger partial charge < -0.3 is 5.32 Å². The summed E-state index contributed by atoms with van der Waals surface area (Å²) in [5, 5.41) is 16.6. The van der Waals surface area contributed by atoms with E-state index < -0.39 is 12.1 Å². The van der Waals surface area contributed by atoms with Gasteiger partial charge >= 0.3 is 6.18 Å². The molecule has 0 bridgehead atoms. The van der Waals surface area contributed by atoms with Gasteiger partial charge in [-0.2, -0.15) is 23.5 Å². The van der Waals surface area contributed by atoms with Crippen LogP contribution in [0.4, 0.5) is 19.0 Å². The molecule has 2 unspecified atom stereocenters. The molecule has 1 N–H and O–H groups in total. The fourth-order valence-electron chi connectivity index (χ4n) is 3.14. The number of halogens is 3. The highest BCUT2D eigenvalue weighted by molar-refractivity contribution is 5.86. The minimum absolute atomic E-state index is 0.0531. The first-order valence-electron chi connectivity index (χ1n) is 7.85. The van der Waals surface area contributed by atoms with Crippen molar-refractivity contribution in [3.63, 3.8) is 0 Å². The first-order chi connectivity index (χ1) is 11.5. The Kier molecular flexibility index (Phi) is 4.55. The molecule has 9 heteroatoms. The smallest absolute Gasteiger partial charge is 0.367 e. The molecule has 2 aromatic heterocycles. The van der Waals surface area contributed by atoms with Gasteiger partial charge in [-0.05, 0) is 19.3 Å². The van der Waals surface area contributed by atoms with Crippen molar-refractivity contribution in [3.8, 4) is 6.07 Å². The van der Waals surface area contributed by atoms with E-state index >= 15 is 0 Å². The number of alkyl halides is 3. The van der Waals surface area contributed by atoms with Crippen LogP contribution in [0.25, 0.3) is 11.0 Å². The predicted octanol–water partition coefficient (Wildman–Crippen LogP) is 3.27. The first kappa shape index (κ1) is 16.5. The minimum Gasteiger partial charge on any atom is -0.367 e. The molecule has 2 heterocycles. The molecule has 0 amide bonds. The molecule has 0 saturated heterocycles. The molecule has 0 aliphatic heterocycles. The van der Waals surface area contributed by atoms with Crippen molar-refractivity contribution in [3.05, 3.63) is 12.5 Å². The standard InChI is InChI=1S/C15H17F3N6/c16-15(17,18)10-3-1-4-11(7-10)23-13-12-8-22-24(6-2-5-19)14(12)21-9-20-13/h8-11H,1-4,6-7H2,(H,20,21,23). The van der Waals surface area contributed by atoms with E-state index in [1.807, 2.05) is 6.07 Å². The number of aromatic nitrogens is 4.